The van der Waals surface area contributed by atoms with Crippen molar-refractivity contribution in [2.45, 2.75) is 25.9 Å². The number of aromatic nitrogens is 1. The summed E-state index contributed by atoms with van der Waals surface area (Å²) in [4.78, 5) is 28.2. The number of carbonyl (C=O) groups is 2. The van der Waals surface area contributed by atoms with Crippen LogP contribution in [0.2, 0.25) is 0 Å². The lowest BCUT2D eigenvalue weighted by atomic mass is 10.2. The minimum Gasteiger partial charge on any atom is -0.462 e. The Balaban J connectivity index is 1.58. The van der Waals surface area contributed by atoms with Crippen LogP contribution in [0.1, 0.15) is 40.5 Å². The maximum atomic E-state index is 12.5. The summed E-state index contributed by atoms with van der Waals surface area (Å²) in [6.45, 7) is 3.58. The van der Waals surface area contributed by atoms with Gasteiger partial charge in [-0.05, 0) is 50.1 Å². The van der Waals surface area contributed by atoms with Gasteiger partial charge in [-0.1, -0.05) is 0 Å². The van der Waals surface area contributed by atoms with Crippen molar-refractivity contribution in [2.75, 3.05) is 30.4 Å². The van der Waals surface area contributed by atoms with Gasteiger partial charge in [0.2, 0.25) is 0 Å². The molecule has 1 aromatic heterocycles. The third kappa shape index (κ3) is 5.27. The normalized spacial score (nSPS) is 16.0. The molecule has 142 valence electrons. The van der Waals surface area contributed by atoms with Gasteiger partial charge in [-0.2, -0.15) is 0 Å². The maximum Gasteiger partial charge on any atom is 0.338 e. The van der Waals surface area contributed by atoms with Crippen molar-refractivity contribution in [2.24, 2.45) is 0 Å². The summed E-state index contributed by atoms with van der Waals surface area (Å²) in [6, 6.07) is 8.31. The number of esters is 1. The number of carbonyl (C=O) groups excluding carboxylic acids is 2. The number of pyridine rings is 1. The molecular formula is C20H23N3O4. The molecule has 2 heterocycles. The van der Waals surface area contributed by atoms with E-state index in [2.05, 4.69) is 15.6 Å². The van der Waals surface area contributed by atoms with Crippen LogP contribution in [0.25, 0.3) is 0 Å². The largest absolute Gasteiger partial charge is 0.462 e. The van der Waals surface area contributed by atoms with Gasteiger partial charge in [0.15, 0.2) is 0 Å². The fourth-order valence-electron chi connectivity index (χ4n) is 2.81. The summed E-state index contributed by atoms with van der Waals surface area (Å²) in [5.74, 6) is -0.656. The Bertz CT molecular complexity index is 786. The summed E-state index contributed by atoms with van der Waals surface area (Å²) in [5, 5.41) is 6.06. The number of nitrogens with zero attached hydrogens (tertiary/aromatic N) is 1. The van der Waals surface area contributed by atoms with E-state index in [0.717, 1.165) is 25.1 Å². The highest BCUT2D eigenvalue weighted by Crippen LogP contribution is 2.16. The van der Waals surface area contributed by atoms with Gasteiger partial charge in [-0.15, -0.1) is 0 Å². The minimum absolute atomic E-state index is 0.209. The highest BCUT2D eigenvalue weighted by atomic mass is 16.5. The van der Waals surface area contributed by atoms with E-state index in [9.17, 15) is 9.59 Å². The lowest BCUT2D eigenvalue weighted by Gasteiger charge is -2.12. The molecule has 2 aromatic rings. The van der Waals surface area contributed by atoms with Gasteiger partial charge in [0.25, 0.3) is 5.91 Å². The van der Waals surface area contributed by atoms with Crippen molar-refractivity contribution in [3.8, 4) is 0 Å². The fourth-order valence-corrected chi connectivity index (χ4v) is 2.81. The Morgan fingerprint density at radius 3 is 2.70 bits per heavy atom. The predicted molar refractivity (Wildman–Crippen MR) is 102 cm³/mol. The second kappa shape index (κ2) is 9.14. The molecular weight excluding hydrogens is 346 g/mol. The van der Waals surface area contributed by atoms with E-state index >= 15 is 0 Å². The number of benzene rings is 1. The molecule has 1 amide bonds. The molecule has 7 heteroatoms. The van der Waals surface area contributed by atoms with E-state index in [1.165, 1.54) is 6.20 Å². The molecule has 1 fully saturated rings. The number of amides is 1. The lowest BCUT2D eigenvalue weighted by Crippen LogP contribution is -2.19. The zero-order chi connectivity index (χ0) is 19.1. The molecule has 0 radical (unpaired) electrons. The van der Waals surface area contributed by atoms with Gasteiger partial charge >= 0.3 is 5.97 Å². The van der Waals surface area contributed by atoms with Crippen LogP contribution in [-0.2, 0) is 9.47 Å². The van der Waals surface area contributed by atoms with Gasteiger partial charge in [0.05, 0.1) is 29.5 Å². The van der Waals surface area contributed by atoms with E-state index in [1.54, 1.807) is 43.5 Å². The molecule has 2 N–H and O–H groups in total. The first kappa shape index (κ1) is 18.8. The molecule has 1 aliphatic rings. The molecule has 0 saturated carbocycles. The minimum atomic E-state index is -0.385. The monoisotopic (exact) mass is 369 g/mol. The Morgan fingerprint density at radius 2 is 2.00 bits per heavy atom. The third-order valence-corrected chi connectivity index (χ3v) is 4.21. The van der Waals surface area contributed by atoms with Crippen LogP contribution in [-0.4, -0.2) is 42.7 Å². The van der Waals surface area contributed by atoms with Gasteiger partial charge in [0.1, 0.15) is 0 Å². The second-order valence-electron chi connectivity index (χ2n) is 6.23. The number of hydrogen-bond donors (Lipinski definition) is 2. The molecule has 7 nitrogen and oxygen atoms in total. The first-order chi connectivity index (χ1) is 13.2. The molecule has 0 bridgehead atoms. The molecule has 1 aliphatic heterocycles. The first-order valence-electron chi connectivity index (χ1n) is 9.05. The summed E-state index contributed by atoms with van der Waals surface area (Å²) in [6.07, 6.45) is 5.53. The third-order valence-electron chi connectivity index (χ3n) is 4.21. The Hall–Kier alpha value is -2.93. The van der Waals surface area contributed by atoms with Crippen molar-refractivity contribution in [1.82, 2.24) is 4.98 Å². The van der Waals surface area contributed by atoms with Gasteiger partial charge in [0, 0.05) is 31.2 Å². The molecule has 27 heavy (non-hydrogen) atoms. The lowest BCUT2D eigenvalue weighted by molar-refractivity contribution is 0.0526. The molecule has 1 unspecified atom stereocenters. The summed E-state index contributed by atoms with van der Waals surface area (Å²) in [5.41, 5.74) is 2.25. The van der Waals surface area contributed by atoms with E-state index < -0.39 is 0 Å². The SMILES string of the molecule is CCOC(=O)c1ccc(NC(=O)c2cncc(NCC3CCCO3)c2)cc1. The van der Waals surface area contributed by atoms with Crippen LogP contribution in [0.5, 0.6) is 0 Å². The molecule has 0 spiro atoms. The Labute approximate surface area is 158 Å². The number of ether oxygens (including phenoxy) is 2. The van der Waals surface area contributed by atoms with Crippen LogP contribution in [0, 0.1) is 0 Å². The smallest absolute Gasteiger partial charge is 0.338 e. The number of hydrogen-bond acceptors (Lipinski definition) is 6. The highest BCUT2D eigenvalue weighted by Gasteiger charge is 2.15. The summed E-state index contributed by atoms with van der Waals surface area (Å²) < 4.78 is 10.5. The van der Waals surface area contributed by atoms with Crippen molar-refractivity contribution in [1.29, 1.82) is 0 Å². The highest BCUT2D eigenvalue weighted by molar-refractivity contribution is 6.04. The Morgan fingerprint density at radius 1 is 1.19 bits per heavy atom. The Kier molecular flexibility index (Phi) is 6.38. The zero-order valence-corrected chi connectivity index (χ0v) is 15.2. The maximum absolute atomic E-state index is 12.5. The van der Waals surface area contributed by atoms with Crippen molar-refractivity contribution in [3.05, 3.63) is 53.9 Å². The second-order valence-corrected chi connectivity index (χ2v) is 6.23. The molecule has 1 saturated heterocycles. The van der Waals surface area contributed by atoms with E-state index in [4.69, 9.17) is 9.47 Å². The average Bonchev–Trinajstić information content (AvgIpc) is 3.21. The van der Waals surface area contributed by atoms with E-state index in [-0.39, 0.29) is 18.0 Å². The zero-order valence-electron chi connectivity index (χ0n) is 15.2. The van der Waals surface area contributed by atoms with Crippen molar-refractivity contribution in [3.63, 3.8) is 0 Å². The van der Waals surface area contributed by atoms with Gasteiger partial charge in [-0.3, -0.25) is 9.78 Å². The average molecular weight is 369 g/mol. The standard InChI is InChI=1S/C20H23N3O4/c1-2-26-20(25)14-5-7-16(8-6-14)23-19(24)15-10-17(12-21-11-15)22-13-18-4-3-9-27-18/h5-8,10-12,18,22H,2-4,9,13H2,1H3,(H,23,24). The van der Waals surface area contributed by atoms with Gasteiger partial charge < -0.3 is 20.1 Å². The van der Waals surface area contributed by atoms with E-state index in [0.29, 0.717) is 30.0 Å². The predicted octanol–water partition coefficient (Wildman–Crippen LogP) is 3.10. The van der Waals surface area contributed by atoms with Crippen LogP contribution in [0.15, 0.2) is 42.7 Å². The van der Waals surface area contributed by atoms with Crippen molar-refractivity contribution >= 4 is 23.3 Å². The molecule has 1 aromatic carbocycles. The molecule has 0 aliphatic carbocycles. The topological polar surface area (TPSA) is 89.5 Å². The van der Waals surface area contributed by atoms with Crippen molar-refractivity contribution < 1.29 is 19.1 Å². The van der Waals surface area contributed by atoms with Crippen LogP contribution in [0.3, 0.4) is 0 Å². The van der Waals surface area contributed by atoms with Crippen LogP contribution >= 0.6 is 0 Å². The van der Waals surface area contributed by atoms with Gasteiger partial charge in [-0.25, -0.2) is 4.79 Å². The summed E-state index contributed by atoms with van der Waals surface area (Å²) >= 11 is 0. The number of nitrogens with one attached hydrogen (secondary N) is 2. The summed E-state index contributed by atoms with van der Waals surface area (Å²) in [7, 11) is 0. The van der Waals surface area contributed by atoms with E-state index in [1.807, 2.05) is 0 Å². The fraction of sp³-hybridized carbons (Fsp3) is 0.350. The quantitative estimate of drug-likeness (QED) is 0.729. The van der Waals surface area contributed by atoms with Crippen LogP contribution < -0.4 is 10.6 Å². The molecule has 3 rings (SSSR count). The molecule has 1 atom stereocenters. The first-order valence-corrected chi connectivity index (χ1v) is 9.05. The number of anilines is 2. The van der Waals surface area contributed by atoms with Crippen LogP contribution in [0.4, 0.5) is 11.4 Å². The number of rotatable bonds is 7.